The van der Waals surface area contributed by atoms with Crippen LogP contribution < -0.4 is 10.6 Å². The van der Waals surface area contributed by atoms with Gasteiger partial charge in [-0.1, -0.05) is 37.3 Å². The monoisotopic (exact) mass is 438 g/mol. The second-order valence-electron chi connectivity index (χ2n) is 5.53. The summed E-state index contributed by atoms with van der Waals surface area (Å²) in [5.74, 6) is 0.830. The zero-order valence-electron chi connectivity index (χ0n) is 14.7. The van der Waals surface area contributed by atoms with Gasteiger partial charge in [-0.05, 0) is 42.5 Å². The second kappa shape index (κ2) is 11.0. The molecule has 1 heterocycles. The summed E-state index contributed by atoms with van der Waals surface area (Å²) >= 11 is 0. The summed E-state index contributed by atoms with van der Waals surface area (Å²) in [6.07, 6.45) is 3.91. The molecule has 0 bridgehead atoms. The molecule has 0 atom stereocenters. The van der Waals surface area contributed by atoms with Gasteiger partial charge in [0.2, 0.25) is 0 Å². The van der Waals surface area contributed by atoms with E-state index in [0.717, 1.165) is 37.6 Å². The largest absolute Gasteiger partial charge is 0.356 e. The van der Waals surface area contributed by atoms with Crippen LogP contribution in [0.4, 0.5) is 0 Å². The third-order valence-electron chi connectivity index (χ3n) is 3.85. The fraction of sp³-hybridized carbons (Fsp3) is 0.368. The fourth-order valence-corrected chi connectivity index (χ4v) is 2.45. The molecule has 0 aliphatic rings. The predicted octanol–water partition coefficient (Wildman–Crippen LogP) is 3.48. The third kappa shape index (κ3) is 6.47. The molecule has 0 amide bonds. The van der Waals surface area contributed by atoms with E-state index >= 15 is 0 Å². The number of pyridine rings is 1. The SMILES string of the molecule is CCc1ccccc1CNC(=NC)NCCc1ccc(C)nc1.I. The van der Waals surface area contributed by atoms with E-state index in [0.29, 0.717) is 0 Å². The number of nitrogens with zero attached hydrogens (tertiary/aromatic N) is 2. The zero-order valence-corrected chi connectivity index (χ0v) is 17.0. The summed E-state index contributed by atoms with van der Waals surface area (Å²) < 4.78 is 0. The first-order valence-electron chi connectivity index (χ1n) is 8.15. The van der Waals surface area contributed by atoms with Gasteiger partial charge >= 0.3 is 0 Å². The minimum Gasteiger partial charge on any atom is -0.356 e. The van der Waals surface area contributed by atoms with Gasteiger partial charge < -0.3 is 10.6 Å². The average molecular weight is 438 g/mol. The third-order valence-corrected chi connectivity index (χ3v) is 3.85. The maximum atomic E-state index is 4.32. The normalized spacial score (nSPS) is 10.9. The van der Waals surface area contributed by atoms with E-state index in [1.807, 2.05) is 19.2 Å². The van der Waals surface area contributed by atoms with Crippen molar-refractivity contribution in [1.82, 2.24) is 15.6 Å². The van der Waals surface area contributed by atoms with Gasteiger partial charge in [-0.3, -0.25) is 9.98 Å². The molecule has 0 saturated heterocycles. The van der Waals surface area contributed by atoms with Crippen LogP contribution in [-0.2, 0) is 19.4 Å². The van der Waals surface area contributed by atoms with Crippen LogP contribution in [0.5, 0.6) is 0 Å². The Balaban J connectivity index is 0.00000288. The lowest BCUT2D eigenvalue weighted by Gasteiger charge is -2.13. The molecule has 0 unspecified atom stereocenters. The number of aryl methyl sites for hydroxylation is 2. The number of halogens is 1. The number of nitrogens with one attached hydrogen (secondary N) is 2. The molecule has 1 aromatic heterocycles. The van der Waals surface area contributed by atoms with E-state index in [-0.39, 0.29) is 24.0 Å². The molecule has 24 heavy (non-hydrogen) atoms. The summed E-state index contributed by atoms with van der Waals surface area (Å²) in [4.78, 5) is 8.60. The summed E-state index contributed by atoms with van der Waals surface area (Å²) in [6, 6.07) is 12.7. The van der Waals surface area contributed by atoms with Crippen molar-refractivity contribution in [3.05, 3.63) is 65.0 Å². The van der Waals surface area contributed by atoms with Gasteiger partial charge in [0, 0.05) is 32.0 Å². The summed E-state index contributed by atoms with van der Waals surface area (Å²) in [5.41, 5.74) is 4.98. The van der Waals surface area contributed by atoms with Crippen LogP contribution >= 0.6 is 24.0 Å². The lowest BCUT2D eigenvalue weighted by atomic mass is 10.1. The van der Waals surface area contributed by atoms with Crippen LogP contribution in [0.3, 0.4) is 0 Å². The Hall–Kier alpha value is -1.63. The molecule has 2 N–H and O–H groups in total. The molecule has 0 spiro atoms. The highest BCUT2D eigenvalue weighted by Gasteiger charge is 2.02. The Bertz CT molecular complexity index is 638. The van der Waals surface area contributed by atoms with Gasteiger partial charge in [0.05, 0.1) is 0 Å². The van der Waals surface area contributed by atoms with Crippen LogP contribution in [0.1, 0.15) is 29.3 Å². The van der Waals surface area contributed by atoms with Crippen molar-refractivity contribution < 1.29 is 0 Å². The van der Waals surface area contributed by atoms with Gasteiger partial charge in [0.25, 0.3) is 0 Å². The van der Waals surface area contributed by atoms with Crippen LogP contribution in [0.2, 0.25) is 0 Å². The van der Waals surface area contributed by atoms with Gasteiger partial charge in [-0.15, -0.1) is 24.0 Å². The van der Waals surface area contributed by atoms with E-state index in [1.54, 1.807) is 7.05 Å². The Labute approximate surface area is 162 Å². The summed E-state index contributed by atoms with van der Waals surface area (Å²) in [7, 11) is 1.80. The van der Waals surface area contributed by atoms with Gasteiger partial charge in [0.1, 0.15) is 0 Å². The van der Waals surface area contributed by atoms with Gasteiger partial charge in [-0.2, -0.15) is 0 Å². The summed E-state index contributed by atoms with van der Waals surface area (Å²) in [5, 5.41) is 6.73. The lowest BCUT2D eigenvalue weighted by Crippen LogP contribution is -2.38. The topological polar surface area (TPSA) is 49.3 Å². The van der Waals surface area contributed by atoms with Crippen molar-refractivity contribution in [3.8, 4) is 0 Å². The Morgan fingerprint density at radius 3 is 2.46 bits per heavy atom. The van der Waals surface area contributed by atoms with Gasteiger partial charge in [0.15, 0.2) is 5.96 Å². The molecule has 1 aromatic carbocycles. The number of aromatic nitrogens is 1. The number of hydrogen-bond donors (Lipinski definition) is 2. The smallest absolute Gasteiger partial charge is 0.191 e. The molecule has 0 fully saturated rings. The minimum absolute atomic E-state index is 0. The lowest BCUT2D eigenvalue weighted by molar-refractivity contribution is 0.788. The van der Waals surface area contributed by atoms with E-state index < -0.39 is 0 Å². The van der Waals surface area contributed by atoms with Crippen molar-refractivity contribution in [2.45, 2.75) is 33.2 Å². The standard InChI is InChI=1S/C19H26N4.HI/c1-4-17-7-5-6-8-18(17)14-23-19(20-3)21-12-11-16-10-9-15(2)22-13-16;/h5-10,13H,4,11-12,14H2,1-3H3,(H2,20,21,23);1H. The van der Waals surface area contributed by atoms with Crippen molar-refractivity contribution in [2.75, 3.05) is 13.6 Å². The highest BCUT2D eigenvalue weighted by molar-refractivity contribution is 14.0. The first-order chi connectivity index (χ1) is 11.2. The predicted molar refractivity (Wildman–Crippen MR) is 112 cm³/mol. The Morgan fingerprint density at radius 2 is 1.83 bits per heavy atom. The minimum atomic E-state index is 0. The first kappa shape index (κ1) is 20.4. The first-order valence-corrected chi connectivity index (χ1v) is 8.15. The van der Waals surface area contributed by atoms with Crippen molar-refractivity contribution in [2.24, 2.45) is 4.99 Å². The number of benzene rings is 1. The molecule has 2 rings (SSSR count). The van der Waals surface area contributed by atoms with Crippen molar-refractivity contribution >= 4 is 29.9 Å². The fourth-order valence-electron chi connectivity index (χ4n) is 2.45. The molecular weight excluding hydrogens is 411 g/mol. The van der Waals surface area contributed by atoms with E-state index in [1.165, 1.54) is 16.7 Å². The van der Waals surface area contributed by atoms with Crippen LogP contribution in [-0.4, -0.2) is 24.5 Å². The maximum absolute atomic E-state index is 4.32. The highest BCUT2D eigenvalue weighted by atomic mass is 127. The van der Waals surface area contributed by atoms with E-state index in [9.17, 15) is 0 Å². The molecular formula is C19H27IN4. The van der Waals surface area contributed by atoms with Crippen LogP contribution in [0, 0.1) is 6.92 Å². The molecule has 5 heteroatoms. The number of hydrogen-bond acceptors (Lipinski definition) is 2. The molecule has 4 nitrogen and oxygen atoms in total. The van der Waals surface area contributed by atoms with Crippen LogP contribution in [0.25, 0.3) is 0 Å². The second-order valence-corrected chi connectivity index (χ2v) is 5.53. The quantitative estimate of drug-likeness (QED) is 0.413. The van der Waals surface area contributed by atoms with Crippen LogP contribution in [0.15, 0.2) is 47.6 Å². The molecule has 2 aromatic rings. The molecule has 0 aliphatic heterocycles. The van der Waals surface area contributed by atoms with Crippen molar-refractivity contribution in [3.63, 3.8) is 0 Å². The van der Waals surface area contributed by atoms with E-state index in [4.69, 9.17) is 0 Å². The average Bonchev–Trinajstić information content (AvgIpc) is 2.59. The molecule has 0 aliphatic carbocycles. The number of guanidine groups is 1. The van der Waals surface area contributed by atoms with E-state index in [2.05, 4.69) is 57.9 Å². The molecule has 0 radical (unpaired) electrons. The van der Waals surface area contributed by atoms with Gasteiger partial charge in [-0.25, -0.2) is 0 Å². The summed E-state index contributed by atoms with van der Waals surface area (Å²) in [6.45, 7) is 5.80. The number of aliphatic imine (C=N–C) groups is 1. The highest BCUT2D eigenvalue weighted by Crippen LogP contribution is 2.08. The zero-order chi connectivity index (χ0) is 16.5. The number of rotatable bonds is 6. The maximum Gasteiger partial charge on any atom is 0.191 e. The molecule has 130 valence electrons. The Morgan fingerprint density at radius 1 is 1.08 bits per heavy atom. The van der Waals surface area contributed by atoms with Crippen molar-refractivity contribution in [1.29, 1.82) is 0 Å². The molecule has 0 saturated carbocycles. The Kier molecular flexibility index (Phi) is 9.37.